The third-order valence-electron chi connectivity index (χ3n) is 2.43. The van der Waals surface area contributed by atoms with Crippen LogP contribution in [0.5, 0.6) is 0 Å². The van der Waals surface area contributed by atoms with E-state index in [1.54, 1.807) is 11.5 Å². The van der Waals surface area contributed by atoms with Crippen molar-refractivity contribution >= 4 is 15.8 Å². The first-order valence-electron chi connectivity index (χ1n) is 4.49. The Morgan fingerprint density at radius 3 is 2.80 bits per heavy atom. The van der Waals surface area contributed by atoms with Crippen LogP contribution in [0.4, 0.5) is 5.82 Å². The maximum absolute atomic E-state index is 11.4. The number of sulfonamides is 1. The Morgan fingerprint density at radius 1 is 1.53 bits per heavy atom. The van der Waals surface area contributed by atoms with Gasteiger partial charge in [-0.05, 0) is 6.92 Å². The molecular weight excluding hydrogens is 218 g/mol. The molecule has 84 valence electrons. The number of aryl methyl sites for hydroxylation is 1. The minimum atomic E-state index is -3.25. The van der Waals surface area contributed by atoms with Crippen LogP contribution in [-0.4, -0.2) is 31.3 Å². The molecule has 0 saturated heterocycles. The Hall–Kier alpha value is -1.08. The normalized spacial score (nSPS) is 15.4. The summed E-state index contributed by atoms with van der Waals surface area (Å²) in [7, 11) is -1.73. The van der Waals surface area contributed by atoms with Crippen molar-refractivity contribution in [3.63, 3.8) is 0 Å². The Kier molecular flexibility index (Phi) is 2.23. The molecule has 7 heteroatoms. The maximum atomic E-state index is 11.4. The van der Waals surface area contributed by atoms with E-state index in [0.29, 0.717) is 24.8 Å². The fourth-order valence-electron chi connectivity index (χ4n) is 1.65. The van der Waals surface area contributed by atoms with E-state index >= 15 is 0 Å². The molecule has 15 heavy (non-hydrogen) atoms. The highest BCUT2D eigenvalue weighted by atomic mass is 32.2. The summed E-state index contributed by atoms with van der Waals surface area (Å²) in [6.07, 6.45) is 1.17. The molecule has 1 aliphatic rings. The van der Waals surface area contributed by atoms with Gasteiger partial charge in [-0.25, -0.2) is 13.4 Å². The Bertz CT molecular complexity index is 491. The maximum Gasteiger partial charge on any atom is 0.233 e. The second kappa shape index (κ2) is 3.21. The molecule has 1 aromatic rings. The fourth-order valence-corrected chi connectivity index (χ4v) is 2.20. The molecule has 0 aliphatic carbocycles. The zero-order valence-electron chi connectivity index (χ0n) is 8.89. The monoisotopic (exact) mass is 231 g/mol. The number of hydrogen-bond donors (Lipinski definition) is 0. The third kappa shape index (κ3) is 1.61. The number of fused-ring (bicyclic) bond motifs is 1. The van der Waals surface area contributed by atoms with Crippen LogP contribution in [0.3, 0.4) is 0 Å². The van der Waals surface area contributed by atoms with Gasteiger partial charge in [0.15, 0.2) is 0 Å². The van der Waals surface area contributed by atoms with E-state index in [1.165, 1.54) is 17.6 Å². The molecule has 0 saturated carbocycles. The molecule has 0 N–H and O–H groups in total. The zero-order chi connectivity index (χ0) is 11.2. The molecule has 0 fully saturated rings. The van der Waals surface area contributed by atoms with Crippen molar-refractivity contribution in [1.82, 2.24) is 9.55 Å². The lowest BCUT2D eigenvalue weighted by Gasteiger charge is -2.17. The highest BCUT2D eigenvalue weighted by Crippen LogP contribution is 2.26. The number of hydrogen-bond acceptors (Lipinski definition) is 4. The van der Waals surface area contributed by atoms with Gasteiger partial charge in [-0.2, -0.15) is 0 Å². The van der Waals surface area contributed by atoms with E-state index in [2.05, 4.69) is 4.98 Å². The lowest BCUT2D eigenvalue weighted by molar-refractivity contribution is 0.108. The summed E-state index contributed by atoms with van der Waals surface area (Å²) in [5.41, 5.74) is 0.709. The van der Waals surface area contributed by atoms with Crippen molar-refractivity contribution in [2.75, 3.05) is 17.6 Å². The second-order valence-corrected chi connectivity index (χ2v) is 5.59. The van der Waals surface area contributed by atoms with E-state index < -0.39 is 10.0 Å². The highest BCUT2D eigenvalue weighted by molar-refractivity contribution is 7.92. The quantitative estimate of drug-likeness (QED) is 0.722. The Morgan fingerprint density at radius 2 is 2.20 bits per heavy atom. The van der Waals surface area contributed by atoms with Gasteiger partial charge in [0, 0.05) is 7.05 Å². The molecule has 1 aliphatic heterocycles. The minimum absolute atomic E-state index is 0.366. The van der Waals surface area contributed by atoms with E-state index in [1.807, 2.05) is 0 Å². The molecule has 0 radical (unpaired) electrons. The molecule has 0 amide bonds. The highest BCUT2D eigenvalue weighted by Gasteiger charge is 2.25. The van der Waals surface area contributed by atoms with Crippen molar-refractivity contribution in [2.24, 2.45) is 0 Å². The van der Waals surface area contributed by atoms with Crippen LogP contribution in [0.15, 0.2) is 0 Å². The summed E-state index contributed by atoms with van der Waals surface area (Å²) in [6, 6.07) is 0. The molecule has 6 nitrogen and oxygen atoms in total. The number of rotatable bonds is 2. The molecule has 0 bridgehead atoms. The Labute approximate surface area is 88.5 Å². The van der Waals surface area contributed by atoms with Gasteiger partial charge in [0.05, 0.1) is 11.9 Å². The van der Waals surface area contributed by atoms with Gasteiger partial charge in [-0.1, -0.05) is 0 Å². The van der Waals surface area contributed by atoms with Crippen LogP contribution in [0.1, 0.15) is 11.5 Å². The number of ether oxygens (including phenoxy) is 1. The van der Waals surface area contributed by atoms with Gasteiger partial charge >= 0.3 is 0 Å². The van der Waals surface area contributed by atoms with E-state index in [0.717, 1.165) is 5.82 Å². The molecular formula is C8H13N3O3S. The zero-order valence-corrected chi connectivity index (χ0v) is 9.71. The van der Waals surface area contributed by atoms with Crippen LogP contribution < -0.4 is 4.31 Å². The van der Waals surface area contributed by atoms with Crippen LogP contribution >= 0.6 is 0 Å². The molecule has 0 aromatic carbocycles. The van der Waals surface area contributed by atoms with Gasteiger partial charge in [-0.3, -0.25) is 8.87 Å². The second-order valence-electron chi connectivity index (χ2n) is 3.57. The molecule has 0 spiro atoms. The minimum Gasteiger partial charge on any atom is -0.353 e. The summed E-state index contributed by atoms with van der Waals surface area (Å²) < 4.78 is 31.0. The summed E-state index contributed by atoms with van der Waals surface area (Å²) in [5.74, 6) is 1.36. The molecule has 0 atom stereocenters. The topological polar surface area (TPSA) is 64.4 Å². The van der Waals surface area contributed by atoms with Crippen LogP contribution in [-0.2, 0) is 28.1 Å². The standard InChI is InChI=1S/C8H13N3O3S/c1-6-8(10(2)15(3,12)13)11-5-14-4-7(11)9-6/h4-5H2,1-3H3. The fraction of sp³-hybridized carbons (Fsp3) is 0.625. The van der Waals surface area contributed by atoms with Gasteiger partial charge < -0.3 is 4.74 Å². The summed E-state index contributed by atoms with van der Waals surface area (Å²) in [4.78, 5) is 4.26. The molecule has 2 heterocycles. The smallest absolute Gasteiger partial charge is 0.233 e. The first-order valence-corrected chi connectivity index (χ1v) is 6.33. The van der Waals surface area contributed by atoms with Gasteiger partial charge in [0.1, 0.15) is 25.0 Å². The van der Waals surface area contributed by atoms with Gasteiger partial charge in [0.25, 0.3) is 0 Å². The number of imidazole rings is 1. The van der Waals surface area contributed by atoms with Crippen molar-refractivity contribution in [3.05, 3.63) is 11.5 Å². The predicted molar refractivity (Wildman–Crippen MR) is 55.0 cm³/mol. The SMILES string of the molecule is Cc1nc2n(c1N(C)S(C)(=O)=O)COC2. The largest absolute Gasteiger partial charge is 0.353 e. The Balaban J connectivity index is 2.53. The third-order valence-corrected chi connectivity index (χ3v) is 3.60. The molecule has 2 rings (SSSR count). The summed E-state index contributed by atoms with van der Waals surface area (Å²) in [5, 5.41) is 0. The van der Waals surface area contributed by atoms with E-state index in [-0.39, 0.29) is 0 Å². The molecule has 1 aromatic heterocycles. The number of nitrogens with zero attached hydrogens (tertiary/aromatic N) is 3. The lowest BCUT2D eigenvalue weighted by atomic mass is 10.5. The number of anilines is 1. The van der Waals surface area contributed by atoms with Crippen LogP contribution in [0.25, 0.3) is 0 Å². The van der Waals surface area contributed by atoms with E-state index in [9.17, 15) is 8.42 Å². The predicted octanol–water partition coefficient (Wildman–Crippen LogP) is 0.0750. The van der Waals surface area contributed by atoms with Crippen molar-refractivity contribution in [3.8, 4) is 0 Å². The van der Waals surface area contributed by atoms with E-state index in [4.69, 9.17) is 4.74 Å². The van der Waals surface area contributed by atoms with Crippen LogP contribution in [0, 0.1) is 6.92 Å². The first kappa shape index (κ1) is 10.4. The van der Waals surface area contributed by atoms with Gasteiger partial charge in [0.2, 0.25) is 10.0 Å². The van der Waals surface area contributed by atoms with Crippen molar-refractivity contribution in [2.45, 2.75) is 20.3 Å². The van der Waals surface area contributed by atoms with Crippen molar-refractivity contribution in [1.29, 1.82) is 0 Å². The average Bonchev–Trinajstić information content (AvgIpc) is 2.60. The average molecular weight is 231 g/mol. The van der Waals surface area contributed by atoms with Crippen LogP contribution in [0.2, 0.25) is 0 Å². The lowest BCUT2D eigenvalue weighted by Crippen LogP contribution is -2.27. The summed E-state index contributed by atoms with van der Waals surface area (Å²) >= 11 is 0. The summed E-state index contributed by atoms with van der Waals surface area (Å²) in [6.45, 7) is 2.60. The van der Waals surface area contributed by atoms with Crippen molar-refractivity contribution < 1.29 is 13.2 Å². The van der Waals surface area contributed by atoms with Gasteiger partial charge in [-0.15, -0.1) is 0 Å². The number of aromatic nitrogens is 2. The molecule has 0 unspecified atom stereocenters. The first-order chi connectivity index (χ1) is 6.91.